The van der Waals surface area contributed by atoms with E-state index in [0.29, 0.717) is 0 Å². The van der Waals surface area contributed by atoms with E-state index in [1.165, 1.54) is 0 Å². The molecule has 1 N–H and O–H groups in total. The summed E-state index contributed by atoms with van der Waals surface area (Å²) in [7, 11) is 0. The maximum absolute atomic E-state index is 5.91. The predicted octanol–water partition coefficient (Wildman–Crippen LogP) is 4.55. The second kappa shape index (κ2) is 6.20. The average Bonchev–Trinajstić information content (AvgIpc) is 2.90. The number of fused-ring (bicyclic) bond motifs is 1. The van der Waals surface area contributed by atoms with E-state index in [0.717, 1.165) is 39.8 Å². The molecule has 0 saturated carbocycles. The lowest BCUT2D eigenvalue weighted by Gasteiger charge is -2.06. The summed E-state index contributed by atoms with van der Waals surface area (Å²) in [5, 5.41) is 5.16. The fraction of sp³-hybridized carbons (Fsp3) is 0.176. The van der Waals surface area contributed by atoms with E-state index in [4.69, 9.17) is 11.6 Å². The summed E-state index contributed by atoms with van der Waals surface area (Å²) in [6, 6.07) is 15.7. The maximum Gasteiger partial charge on any atom is 0.224 e. The molecule has 3 aromatic rings. The number of nitrogens with one attached hydrogen (secondary N) is 1. The van der Waals surface area contributed by atoms with Crippen LogP contribution in [0.15, 0.2) is 53.6 Å². The van der Waals surface area contributed by atoms with Crippen LogP contribution in [0.1, 0.15) is 19.4 Å². The summed E-state index contributed by atoms with van der Waals surface area (Å²) < 4.78 is 2.11. The van der Waals surface area contributed by atoms with Crippen molar-refractivity contribution in [2.75, 3.05) is 5.43 Å². The Kier molecular flexibility index (Phi) is 4.11. The number of anilines is 1. The molecular formula is C17H17ClN4. The lowest BCUT2D eigenvalue weighted by Crippen LogP contribution is -2.05. The summed E-state index contributed by atoms with van der Waals surface area (Å²) in [6.07, 6.45) is 0. The van der Waals surface area contributed by atoms with Gasteiger partial charge in [0.25, 0.3) is 0 Å². The van der Waals surface area contributed by atoms with Crippen molar-refractivity contribution in [2.24, 2.45) is 5.10 Å². The van der Waals surface area contributed by atoms with Gasteiger partial charge in [-0.15, -0.1) is 0 Å². The standard InChI is InChI=1S/C17H17ClN4/c1-3-22-16-7-5-4-6-15(16)19-17(22)21-20-12(2)13-8-10-14(18)11-9-13/h4-11H,3H2,1-2H3,(H,19,21)/b20-12+. The van der Waals surface area contributed by atoms with E-state index >= 15 is 0 Å². The molecule has 0 fully saturated rings. The van der Waals surface area contributed by atoms with Gasteiger partial charge in [-0.2, -0.15) is 5.10 Å². The summed E-state index contributed by atoms with van der Waals surface area (Å²) in [5.74, 6) is 0.747. The SMILES string of the molecule is CCn1c(N/N=C(\C)c2ccc(Cl)cc2)nc2ccccc21. The third-order valence-electron chi connectivity index (χ3n) is 3.56. The number of halogens is 1. The number of benzene rings is 2. The first-order chi connectivity index (χ1) is 10.7. The van der Waals surface area contributed by atoms with E-state index < -0.39 is 0 Å². The highest BCUT2D eigenvalue weighted by molar-refractivity contribution is 6.30. The van der Waals surface area contributed by atoms with Crippen molar-refractivity contribution in [1.82, 2.24) is 9.55 Å². The molecular weight excluding hydrogens is 296 g/mol. The molecule has 112 valence electrons. The third-order valence-corrected chi connectivity index (χ3v) is 3.81. The summed E-state index contributed by atoms with van der Waals surface area (Å²) >= 11 is 5.91. The third kappa shape index (κ3) is 2.83. The molecule has 0 bridgehead atoms. The van der Waals surface area contributed by atoms with Gasteiger partial charge in [0.2, 0.25) is 5.95 Å². The first-order valence-corrected chi connectivity index (χ1v) is 7.58. The van der Waals surface area contributed by atoms with Crippen LogP contribution in [0.2, 0.25) is 5.02 Å². The van der Waals surface area contributed by atoms with Crippen LogP contribution < -0.4 is 5.43 Å². The van der Waals surface area contributed by atoms with Crippen molar-refractivity contribution >= 4 is 34.3 Å². The van der Waals surface area contributed by atoms with Crippen molar-refractivity contribution in [3.05, 3.63) is 59.1 Å². The van der Waals surface area contributed by atoms with Gasteiger partial charge in [0.1, 0.15) is 0 Å². The van der Waals surface area contributed by atoms with Crippen LogP contribution in [-0.2, 0) is 6.54 Å². The first-order valence-electron chi connectivity index (χ1n) is 7.20. The lowest BCUT2D eigenvalue weighted by molar-refractivity contribution is 0.791. The molecule has 0 spiro atoms. The summed E-state index contributed by atoms with van der Waals surface area (Å²) in [5.41, 5.74) is 7.05. The Morgan fingerprint density at radius 2 is 1.91 bits per heavy atom. The quantitative estimate of drug-likeness (QED) is 0.567. The molecule has 3 rings (SSSR count). The second-order valence-corrected chi connectivity index (χ2v) is 5.42. The zero-order valence-electron chi connectivity index (χ0n) is 12.5. The minimum atomic E-state index is 0.720. The molecule has 0 amide bonds. The second-order valence-electron chi connectivity index (χ2n) is 4.98. The number of imidazole rings is 1. The number of hydrazone groups is 1. The van der Waals surface area contributed by atoms with Crippen molar-refractivity contribution in [3.8, 4) is 0 Å². The van der Waals surface area contributed by atoms with Gasteiger partial charge < -0.3 is 4.57 Å². The number of rotatable bonds is 4. The highest BCUT2D eigenvalue weighted by atomic mass is 35.5. The number of para-hydroxylation sites is 2. The molecule has 0 aliphatic carbocycles. The molecule has 2 aromatic carbocycles. The van der Waals surface area contributed by atoms with Gasteiger partial charge in [-0.3, -0.25) is 0 Å². The van der Waals surface area contributed by atoms with E-state index in [2.05, 4.69) is 33.1 Å². The molecule has 1 aromatic heterocycles. The largest absolute Gasteiger partial charge is 0.309 e. The number of aryl methyl sites for hydroxylation is 1. The van der Waals surface area contributed by atoms with Crippen LogP contribution in [-0.4, -0.2) is 15.3 Å². The lowest BCUT2D eigenvalue weighted by atomic mass is 10.1. The fourth-order valence-electron chi connectivity index (χ4n) is 2.37. The van der Waals surface area contributed by atoms with E-state index in [1.54, 1.807) is 0 Å². The van der Waals surface area contributed by atoms with Gasteiger partial charge in [0.15, 0.2) is 0 Å². The Morgan fingerprint density at radius 3 is 2.64 bits per heavy atom. The van der Waals surface area contributed by atoms with Crippen molar-refractivity contribution < 1.29 is 0 Å². The smallest absolute Gasteiger partial charge is 0.224 e. The van der Waals surface area contributed by atoms with Crippen molar-refractivity contribution in [1.29, 1.82) is 0 Å². The minimum Gasteiger partial charge on any atom is -0.309 e. The van der Waals surface area contributed by atoms with Gasteiger partial charge in [-0.05, 0) is 43.7 Å². The fourth-order valence-corrected chi connectivity index (χ4v) is 2.50. The Morgan fingerprint density at radius 1 is 1.18 bits per heavy atom. The van der Waals surface area contributed by atoms with Gasteiger partial charge >= 0.3 is 0 Å². The monoisotopic (exact) mass is 312 g/mol. The van der Waals surface area contributed by atoms with Crippen molar-refractivity contribution in [3.63, 3.8) is 0 Å². The Balaban J connectivity index is 1.89. The van der Waals surface area contributed by atoms with Crippen molar-refractivity contribution in [2.45, 2.75) is 20.4 Å². The predicted molar refractivity (Wildman–Crippen MR) is 92.7 cm³/mol. The van der Waals surface area contributed by atoms with E-state index in [9.17, 15) is 0 Å². The van der Waals surface area contributed by atoms with Crippen LogP contribution >= 0.6 is 11.6 Å². The zero-order chi connectivity index (χ0) is 15.5. The van der Waals surface area contributed by atoms with Crippen LogP contribution in [0.25, 0.3) is 11.0 Å². The number of aromatic nitrogens is 2. The van der Waals surface area contributed by atoms with Gasteiger partial charge in [-0.25, -0.2) is 10.4 Å². The van der Waals surface area contributed by atoms with Crippen LogP contribution in [0.4, 0.5) is 5.95 Å². The minimum absolute atomic E-state index is 0.720. The van der Waals surface area contributed by atoms with E-state index in [1.807, 2.05) is 49.4 Å². The Labute approximate surface area is 134 Å². The molecule has 4 nitrogen and oxygen atoms in total. The molecule has 0 radical (unpaired) electrons. The normalized spacial score (nSPS) is 11.9. The van der Waals surface area contributed by atoms with Crippen LogP contribution in [0.5, 0.6) is 0 Å². The van der Waals surface area contributed by atoms with Gasteiger partial charge in [-0.1, -0.05) is 35.9 Å². The maximum atomic E-state index is 5.91. The average molecular weight is 313 g/mol. The molecule has 0 aliphatic heterocycles. The first kappa shape index (κ1) is 14.6. The summed E-state index contributed by atoms with van der Waals surface area (Å²) in [6.45, 7) is 4.88. The van der Waals surface area contributed by atoms with Crippen LogP contribution in [0.3, 0.4) is 0 Å². The molecule has 0 atom stereocenters. The Bertz CT molecular complexity index is 818. The van der Waals surface area contributed by atoms with Gasteiger partial charge in [0, 0.05) is 11.6 Å². The molecule has 1 heterocycles. The number of hydrogen-bond donors (Lipinski definition) is 1. The van der Waals surface area contributed by atoms with Gasteiger partial charge in [0.05, 0.1) is 16.7 Å². The van der Waals surface area contributed by atoms with E-state index in [-0.39, 0.29) is 0 Å². The number of hydrogen-bond acceptors (Lipinski definition) is 3. The molecule has 0 unspecified atom stereocenters. The summed E-state index contributed by atoms with van der Waals surface area (Å²) in [4.78, 5) is 4.59. The molecule has 5 heteroatoms. The molecule has 22 heavy (non-hydrogen) atoms. The Hall–Kier alpha value is -2.33. The zero-order valence-corrected chi connectivity index (χ0v) is 13.3. The highest BCUT2D eigenvalue weighted by Gasteiger charge is 2.08. The topological polar surface area (TPSA) is 42.2 Å². The number of nitrogens with zero attached hydrogens (tertiary/aromatic N) is 3. The van der Waals surface area contributed by atoms with Crippen LogP contribution in [0, 0.1) is 0 Å². The molecule has 0 saturated heterocycles. The molecule has 0 aliphatic rings. The highest BCUT2D eigenvalue weighted by Crippen LogP contribution is 2.19.